The molecule has 2 aromatic rings. The van der Waals surface area contributed by atoms with E-state index in [9.17, 15) is 22.4 Å². The van der Waals surface area contributed by atoms with Crippen molar-refractivity contribution in [2.45, 2.75) is 25.1 Å². The molecule has 1 amide bonds. The highest BCUT2D eigenvalue weighted by Crippen LogP contribution is 2.51. The van der Waals surface area contributed by atoms with Crippen molar-refractivity contribution in [3.63, 3.8) is 0 Å². The number of amides is 1. The van der Waals surface area contributed by atoms with Crippen LogP contribution in [-0.4, -0.2) is 49.0 Å². The second-order valence-corrected chi connectivity index (χ2v) is 8.09. The Labute approximate surface area is 178 Å². The van der Waals surface area contributed by atoms with E-state index in [0.717, 1.165) is 11.6 Å². The van der Waals surface area contributed by atoms with Gasteiger partial charge in [0.2, 0.25) is 5.91 Å². The molecule has 1 aliphatic carbocycles. The first-order valence-electron chi connectivity index (χ1n) is 10.3. The van der Waals surface area contributed by atoms with Gasteiger partial charge in [0.25, 0.3) is 0 Å². The van der Waals surface area contributed by atoms with Gasteiger partial charge < -0.3 is 9.64 Å². The Balaban J connectivity index is 1.35. The van der Waals surface area contributed by atoms with Gasteiger partial charge in [0, 0.05) is 44.2 Å². The maximum atomic E-state index is 13.6. The van der Waals surface area contributed by atoms with Crippen molar-refractivity contribution in [2.24, 2.45) is 5.92 Å². The molecule has 1 saturated heterocycles. The van der Waals surface area contributed by atoms with Crippen molar-refractivity contribution < 1.29 is 27.1 Å². The minimum Gasteiger partial charge on any atom is -0.496 e. The Bertz CT molecular complexity index is 955. The van der Waals surface area contributed by atoms with Crippen LogP contribution < -0.4 is 4.74 Å². The van der Waals surface area contributed by atoms with Crippen LogP contribution in [0.2, 0.25) is 0 Å². The van der Waals surface area contributed by atoms with Crippen molar-refractivity contribution in [1.29, 1.82) is 0 Å². The second kappa shape index (κ2) is 8.49. The largest absolute Gasteiger partial charge is 0.496 e. The van der Waals surface area contributed by atoms with Crippen molar-refractivity contribution >= 4 is 5.91 Å². The Kier molecular flexibility index (Phi) is 5.92. The van der Waals surface area contributed by atoms with E-state index >= 15 is 0 Å². The van der Waals surface area contributed by atoms with Crippen LogP contribution in [0, 0.1) is 11.7 Å². The van der Waals surface area contributed by atoms with Crippen LogP contribution in [0.25, 0.3) is 0 Å². The fourth-order valence-electron chi connectivity index (χ4n) is 4.36. The summed E-state index contributed by atoms with van der Waals surface area (Å²) in [4.78, 5) is 16.7. The van der Waals surface area contributed by atoms with Gasteiger partial charge in [0.15, 0.2) is 0 Å². The maximum Gasteiger partial charge on any atom is 0.416 e. The molecule has 2 aliphatic rings. The SMILES string of the molecule is COc1ccc(F)cc1CN1CCN(C(=O)C2CC2c2ccccc2C(F)(F)F)CC1. The number of nitrogens with zero attached hydrogens (tertiary/aromatic N) is 2. The number of hydrogen-bond donors (Lipinski definition) is 0. The smallest absolute Gasteiger partial charge is 0.416 e. The lowest BCUT2D eigenvalue weighted by Gasteiger charge is -2.35. The molecular weight excluding hydrogens is 412 g/mol. The number of benzene rings is 2. The summed E-state index contributed by atoms with van der Waals surface area (Å²) in [5.74, 6) is -0.559. The van der Waals surface area contributed by atoms with E-state index in [1.807, 2.05) is 0 Å². The zero-order chi connectivity index (χ0) is 22.2. The molecule has 2 aromatic carbocycles. The summed E-state index contributed by atoms with van der Waals surface area (Å²) in [6.45, 7) is 2.74. The number of carbonyl (C=O) groups excluding carboxylic acids is 1. The zero-order valence-electron chi connectivity index (χ0n) is 17.2. The normalized spacial score (nSPS) is 21.8. The van der Waals surface area contributed by atoms with Gasteiger partial charge in [-0.1, -0.05) is 18.2 Å². The number of hydrogen-bond acceptors (Lipinski definition) is 3. The first-order chi connectivity index (χ1) is 14.8. The Morgan fingerprint density at radius 2 is 1.81 bits per heavy atom. The van der Waals surface area contributed by atoms with E-state index in [1.54, 1.807) is 17.0 Å². The topological polar surface area (TPSA) is 32.8 Å². The van der Waals surface area contributed by atoms with Gasteiger partial charge in [-0.3, -0.25) is 9.69 Å². The monoisotopic (exact) mass is 436 g/mol. The Morgan fingerprint density at radius 1 is 1.10 bits per heavy atom. The molecule has 1 aliphatic heterocycles. The molecule has 4 rings (SSSR count). The molecule has 0 radical (unpaired) electrons. The van der Waals surface area contributed by atoms with Gasteiger partial charge in [-0.2, -0.15) is 13.2 Å². The summed E-state index contributed by atoms with van der Waals surface area (Å²) in [6, 6.07) is 9.91. The van der Waals surface area contributed by atoms with E-state index in [2.05, 4.69) is 4.90 Å². The van der Waals surface area contributed by atoms with Gasteiger partial charge in [0.1, 0.15) is 11.6 Å². The zero-order valence-corrected chi connectivity index (χ0v) is 17.2. The molecule has 166 valence electrons. The van der Waals surface area contributed by atoms with Crippen LogP contribution >= 0.6 is 0 Å². The van der Waals surface area contributed by atoms with Crippen molar-refractivity contribution in [2.75, 3.05) is 33.3 Å². The molecule has 0 spiro atoms. The first kappa shape index (κ1) is 21.6. The van der Waals surface area contributed by atoms with Gasteiger partial charge in [-0.25, -0.2) is 4.39 Å². The molecule has 0 aromatic heterocycles. The Hall–Kier alpha value is -2.61. The molecule has 8 heteroatoms. The van der Waals surface area contributed by atoms with Crippen LogP contribution in [0.15, 0.2) is 42.5 Å². The highest BCUT2D eigenvalue weighted by atomic mass is 19.4. The number of ether oxygens (including phenoxy) is 1. The van der Waals surface area contributed by atoms with Crippen LogP contribution in [0.5, 0.6) is 5.75 Å². The predicted molar refractivity (Wildman–Crippen MR) is 107 cm³/mol. The quantitative estimate of drug-likeness (QED) is 0.656. The van der Waals surface area contributed by atoms with Crippen LogP contribution in [-0.2, 0) is 17.5 Å². The molecule has 0 bridgehead atoms. The molecular formula is C23H24F4N2O2. The number of alkyl halides is 3. The average Bonchev–Trinajstić information content (AvgIpc) is 3.54. The van der Waals surface area contributed by atoms with Crippen molar-refractivity contribution in [3.05, 3.63) is 65.0 Å². The van der Waals surface area contributed by atoms with E-state index in [1.165, 1.54) is 31.4 Å². The van der Waals surface area contributed by atoms with Gasteiger partial charge in [-0.05, 0) is 42.2 Å². The summed E-state index contributed by atoms with van der Waals surface area (Å²) in [5, 5.41) is 0. The molecule has 2 unspecified atom stereocenters. The summed E-state index contributed by atoms with van der Waals surface area (Å²) in [6.07, 6.45) is -3.97. The summed E-state index contributed by atoms with van der Waals surface area (Å²) in [5.41, 5.74) is 0.308. The maximum absolute atomic E-state index is 13.6. The lowest BCUT2D eigenvalue weighted by molar-refractivity contribution is -0.139. The van der Waals surface area contributed by atoms with Crippen molar-refractivity contribution in [1.82, 2.24) is 9.80 Å². The second-order valence-electron chi connectivity index (χ2n) is 8.09. The van der Waals surface area contributed by atoms with Gasteiger partial charge >= 0.3 is 6.18 Å². The third-order valence-electron chi connectivity index (χ3n) is 6.09. The number of piperazine rings is 1. The van der Waals surface area contributed by atoms with E-state index in [0.29, 0.717) is 44.9 Å². The first-order valence-corrected chi connectivity index (χ1v) is 10.3. The van der Waals surface area contributed by atoms with Gasteiger partial charge in [0.05, 0.1) is 12.7 Å². The minimum absolute atomic E-state index is 0.0787. The number of carbonyl (C=O) groups is 1. The summed E-state index contributed by atoms with van der Waals surface area (Å²) < 4.78 is 58.7. The third-order valence-corrected chi connectivity index (χ3v) is 6.09. The standard InChI is InChI=1S/C23H24F4N2O2/c1-31-21-7-6-16(24)12-15(21)14-28-8-10-29(11-9-28)22(30)19-13-18(19)17-4-2-3-5-20(17)23(25,26)27/h2-7,12,18-19H,8-11,13-14H2,1H3. The lowest BCUT2D eigenvalue weighted by atomic mass is 10.0. The number of methoxy groups -OCH3 is 1. The highest BCUT2D eigenvalue weighted by Gasteiger charge is 2.49. The van der Waals surface area contributed by atoms with Crippen molar-refractivity contribution in [3.8, 4) is 5.75 Å². The van der Waals surface area contributed by atoms with Gasteiger partial charge in [-0.15, -0.1) is 0 Å². The van der Waals surface area contributed by atoms with E-state index in [-0.39, 0.29) is 23.2 Å². The van der Waals surface area contributed by atoms with Crippen LogP contribution in [0.4, 0.5) is 17.6 Å². The molecule has 1 heterocycles. The lowest BCUT2D eigenvalue weighted by Crippen LogP contribution is -2.48. The number of rotatable bonds is 5. The average molecular weight is 436 g/mol. The van der Waals surface area contributed by atoms with Crippen LogP contribution in [0.1, 0.15) is 29.0 Å². The predicted octanol–water partition coefficient (Wildman–Crippen LogP) is 4.30. The van der Waals surface area contributed by atoms with Crippen LogP contribution in [0.3, 0.4) is 0 Å². The fraction of sp³-hybridized carbons (Fsp3) is 0.435. The summed E-state index contributed by atoms with van der Waals surface area (Å²) in [7, 11) is 1.54. The molecule has 31 heavy (non-hydrogen) atoms. The highest BCUT2D eigenvalue weighted by molar-refractivity contribution is 5.83. The van der Waals surface area contributed by atoms with E-state index < -0.39 is 17.7 Å². The molecule has 2 fully saturated rings. The molecule has 4 nitrogen and oxygen atoms in total. The Morgan fingerprint density at radius 3 is 2.48 bits per heavy atom. The number of halogens is 4. The van der Waals surface area contributed by atoms with E-state index in [4.69, 9.17) is 4.74 Å². The third kappa shape index (κ3) is 4.69. The minimum atomic E-state index is -4.42. The molecule has 2 atom stereocenters. The molecule has 0 N–H and O–H groups in total. The molecule has 1 saturated carbocycles. The fourth-order valence-corrected chi connectivity index (χ4v) is 4.36. The summed E-state index contributed by atoms with van der Waals surface area (Å²) >= 11 is 0.